The molecule has 0 bridgehead atoms. The van der Waals surface area contributed by atoms with E-state index in [1.54, 1.807) is 22.7 Å². The van der Waals surface area contributed by atoms with E-state index in [-0.39, 0.29) is 23.9 Å². The van der Waals surface area contributed by atoms with E-state index >= 15 is 0 Å². The SMILES string of the molecule is CC(C)c1nn(CC(=O)Nc2ccc3ncoc3c2)c(=O)c2cc(C3CC3)nn12. The van der Waals surface area contributed by atoms with Crippen LogP contribution in [0.5, 0.6) is 0 Å². The summed E-state index contributed by atoms with van der Waals surface area (Å²) in [7, 11) is 0. The van der Waals surface area contributed by atoms with Crippen LogP contribution in [0.25, 0.3) is 16.6 Å². The number of rotatable bonds is 5. The Balaban J connectivity index is 1.46. The lowest BCUT2D eigenvalue weighted by atomic mass is 10.2. The average Bonchev–Trinajstić information content (AvgIpc) is 3.26. The van der Waals surface area contributed by atoms with Crippen LogP contribution in [0, 0.1) is 0 Å². The van der Waals surface area contributed by atoms with Gasteiger partial charge in [0.25, 0.3) is 5.56 Å². The first kappa shape index (κ1) is 17.6. The molecule has 4 aromatic rings. The first-order valence-electron chi connectivity index (χ1n) is 9.63. The highest BCUT2D eigenvalue weighted by Crippen LogP contribution is 2.39. The zero-order chi connectivity index (χ0) is 20.1. The molecule has 0 saturated heterocycles. The van der Waals surface area contributed by atoms with E-state index in [2.05, 4.69) is 20.5 Å². The summed E-state index contributed by atoms with van der Waals surface area (Å²) in [5, 5.41) is 11.8. The predicted octanol–water partition coefficient (Wildman–Crippen LogP) is 2.67. The number of carbonyl (C=O) groups is 1. The van der Waals surface area contributed by atoms with Gasteiger partial charge in [0.2, 0.25) is 5.91 Å². The lowest BCUT2D eigenvalue weighted by Gasteiger charge is -2.11. The molecule has 29 heavy (non-hydrogen) atoms. The van der Waals surface area contributed by atoms with Gasteiger partial charge in [0.1, 0.15) is 17.6 Å². The number of hydrogen-bond donors (Lipinski definition) is 1. The standard InChI is InChI=1S/C20H20N6O3/c1-11(2)19-24-25(20(28)16-8-15(12-3-4-12)23-26(16)19)9-18(27)22-13-5-6-14-17(7-13)29-10-21-14/h5-8,10-12H,3-4,9H2,1-2H3,(H,22,27). The van der Waals surface area contributed by atoms with Crippen molar-refractivity contribution in [2.45, 2.75) is 45.1 Å². The van der Waals surface area contributed by atoms with Crippen LogP contribution in [-0.2, 0) is 11.3 Å². The van der Waals surface area contributed by atoms with E-state index in [0.717, 1.165) is 18.5 Å². The number of nitrogens with zero attached hydrogens (tertiary/aromatic N) is 5. The van der Waals surface area contributed by atoms with Crippen molar-refractivity contribution in [3.8, 4) is 0 Å². The number of aromatic nitrogens is 5. The topological polar surface area (TPSA) is 107 Å². The summed E-state index contributed by atoms with van der Waals surface area (Å²) in [5.74, 6) is 0.784. The van der Waals surface area contributed by atoms with Gasteiger partial charge in [-0.2, -0.15) is 10.2 Å². The highest BCUT2D eigenvalue weighted by Gasteiger charge is 2.28. The molecule has 1 amide bonds. The van der Waals surface area contributed by atoms with E-state index < -0.39 is 0 Å². The Bertz CT molecular complexity index is 1290. The first-order valence-corrected chi connectivity index (χ1v) is 9.63. The van der Waals surface area contributed by atoms with Crippen LogP contribution in [0.4, 0.5) is 5.69 Å². The predicted molar refractivity (Wildman–Crippen MR) is 106 cm³/mol. The maximum atomic E-state index is 12.9. The molecule has 0 aliphatic heterocycles. The number of carbonyl (C=O) groups excluding carboxylic acids is 1. The van der Waals surface area contributed by atoms with Crippen molar-refractivity contribution < 1.29 is 9.21 Å². The van der Waals surface area contributed by atoms with Crippen molar-refractivity contribution in [3.63, 3.8) is 0 Å². The van der Waals surface area contributed by atoms with Crippen LogP contribution in [0.15, 0.2) is 39.9 Å². The monoisotopic (exact) mass is 392 g/mol. The van der Waals surface area contributed by atoms with Crippen molar-refractivity contribution in [2.75, 3.05) is 5.32 Å². The summed E-state index contributed by atoms with van der Waals surface area (Å²) in [6.45, 7) is 3.79. The second-order valence-corrected chi connectivity index (χ2v) is 7.70. The van der Waals surface area contributed by atoms with Crippen molar-refractivity contribution >= 4 is 28.2 Å². The first-order chi connectivity index (χ1) is 14.0. The van der Waals surface area contributed by atoms with Crippen LogP contribution in [0.2, 0.25) is 0 Å². The minimum atomic E-state index is -0.348. The van der Waals surface area contributed by atoms with Gasteiger partial charge in [-0.1, -0.05) is 13.8 Å². The summed E-state index contributed by atoms with van der Waals surface area (Å²) >= 11 is 0. The van der Waals surface area contributed by atoms with Crippen LogP contribution >= 0.6 is 0 Å². The Morgan fingerprint density at radius 3 is 2.86 bits per heavy atom. The molecule has 1 fully saturated rings. The molecule has 5 rings (SSSR count). The van der Waals surface area contributed by atoms with Crippen LogP contribution in [-0.4, -0.2) is 30.3 Å². The minimum Gasteiger partial charge on any atom is -0.443 e. The summed E-state index contributed by atoms with van der Waals surface area (Å²) < 4.78 is 8.10. The molecular formula is C20H20N6O3. The van der Waals surface area contributed by atoms with Gasteiger partial charge >= 0.3 is 0 Å². The number of benzene rings is 1. The van der Waals surface area contributed by atoms with Gasteiger partial charge in [-0.25, -0.2) is 14.2 Å². The molecule has 9 nitrogen and oxygen atoms in total. The Morgan fingerprint density at radius 2 is 2.10 bits per heavy atom. The van der Waals surface area contributed by atoms with E-state index in [1.165, 1.54) is 11.1 Å². The third-order valence-corrected chi connectivity index (χ3v) is 5.04. The second kappa shape index (κ2) is 6.54. The Labute approximate surface area is 165 Å². The van der Waals surface area contributed by atoms with Crippen molar-refractivity contribution in [2.24, 2.45) is 0 Å². The lowest BCUT2D eigenvalue weighted by molar-refractivity contribution is -0.117. The van der Waals surface area contributed by atoms with Crippen molar-refractivity contribution in [1.82, 2.24) is 24.4 Å². The molecule has 0 spiro atoms. The quantitative estimate of drug-likeness (QED) is 0.559. The van der Waals surface area contributed by atoms with E-state index in [0.29, 0.717) is 34.0 Å². The van der Waals surface area contributed by atoms with E-state index in [1.807, 2.05) is 19.9 Å². The molecule has 0 atom stereocenters. The second-order valence-electron chi connectivity index (χ2n) is 7.70. The molecule has 3 heterocycles. The number of anilines is 1. The van der Waals surface area contributed by atoms with Gasteiger partial charge in [-0.05, 0) is 31.0 Å². The van der Waals surface area contributed by atoms with Gasteiger partial charge in [0.05, 0.1) is 5.69 Å². The van der Waals surface area contributed by atoms with Crippen LogP contribution in [0.1, 0.15) is 50.0 Å². The lowest BCUT2D eigenvalue weighted by Crippen LogP contribution is -2.32. The Morgan fingerprint density at radius 1 is 1.28 bits per heavy atom. The smallest absolute Gasteiger partial charge is 0.293 e. The summed E-state index contributed by atoms with van der Waals surface area (Å²) in [6, 6.07) is 7.02. The van der Waals surface area contributed by atoms with Gasteiger partial charge < -0.3 is 9.73 Å². The zero-order valence-corrected chi connectivity index (χ0v) is 16.1. The van der Waals surface area contributed by atoms with Crippen molar-refractivity contribution in [3.05, 3.63) is 52.5 Å². The number of nitrogens with one attached hydrogen (secondary N) is 1. The molecule has 3 aromatic heterocycles. The number of amides is 1. The maximum absolute atomic E-state index is 12.9. The fraction of sp³-hybridized carbons (Fsp3) is 0.350. The third-order valence-electron chi connectivity index (χ3n) is 5.04. The van der Waals surface area contributed by atoms with Gasteiger partial charge in [-0.3, -0.25) is 9.59 Å². The highest BCUT2D eigenvalue weighted by molar-refractivity contribution is 5.92. The summed E-state index contributed by atoms with van der Waals surface area (Å²) in [4.78, 5) is 29.5. The molecule has 1 saturated carbocycles. The Kier molecular flexibility index (Phi) is 3.97. The van der Waals surface area contributed by atoms with E-state index in [4.69, 9.17) is 4.42 Å². The minimum absolute atomic E-state index is 0.0493. The maximum Gasteiger partial charge on any atom is 0.293 e. The average molecular weight is 392 g/mol. The molecule has 1 aliphatic rings. The van der Waals surface area contributed by atoms with Crippen LogP contribution < -0.4 is 10.9 Å². The van der Waals surface area contributed by atoms with Gasteiger partial charge in [0, 0.05) is 23.6 Å². The fourth-order valence-corrected chi connectivity index (χ4v) is 3.39. The van der Waals surface area contributed by atoms with Gasteiger partial charge in [0.15, 0.2) is 17.8 Å². The molecule has 1 aliphatic carbocycles. The molecule has 1 N–H and O–H groups in total. The fourth-order valence-electron chi connectivity index (χ4n) is 3.39. The molecule has 9 heteroatoms. The number of fused-ring (bicyclic) bond motifs is 2. The highest BCUT2D eigenvalue weighted by atomic mass is 16.3. The third kappa shape index (κ3) is 3.18. The molecule has 1 aromatic carbocycles. The number of hydrogen-bond acceptors (Lipinski definition) is 6. The molecule has 148 valence electrons. The molecule has 0 unspecified atom stereocenters. The summed E-state index contributed by atoms with van der Waals surface area (Å²) in [6.07, 6.45) is 3.55. The van der Waals surface area contributed by atoms with E-state index in [9.17, 15) is 9.59 Å². The number of oxazole rings is 1. The molecule has 0 radical (unpaired) electrons. The summed E-state index contributed by atoms with van der Waals surface area (Å²) in [5.41, 5.74) is 2.91. The normalized spacial score (nSPS) is 14.2. The van der Waals surface area contributed by atoms with Gasteiger partial charge in [-0.15, -0.1) is 0 Å². The zero-order valence-electron chi connectivity index (χ0n) is 16.1. The van der Waals surface area contributed by atoms with Crippen LogP contribution in [0.3, 0.4) is 0 Å². The molecular weight excluding hydrogens is 372 g/mol. The largest absolute Gasteiger partial charge is 0.443 e. The Hall–Kier alpha value is -3.49. The van der Waals surface area contributed by atoms with Crippen molar-refractivity contribution in [1.29, 1.82) is 0 Å².